The van der Waals surface area contributed by atoms with Crippen LogP contribution in [-0.2, 0) is 9.84 Å². The number of nitrogens with one attached hydrogen (secondary N) is 1. The molecule has 134 valence electrons. The summed E-state index contributed by atoms with van der Waals surface area (Å²) in [6, 6.07) is 8.14. The van der Waals surface area contributed by atoms with Gasteiger partial charge in [0.2, 0.25) is 15.7 Å². The number of hydrogen-bond acceptors (Lipinski definition) is 6. The molecule has 7 nitrogen and oxygen atoms in total. The van der Waals surface area contributed by atoms with Crippen molar-refractivity contribution < 1.29 is 13.2 Å². The molecule has 1 atom stereocenters. The Balaban J connectivity index is 1.81. The number of nitrogens with two attached hydrogens (primary N) is 1. The van der Waals surface area contributed by atoms with Crippen LogP contribution in [0, 0.1) is 0 Å². The minimum absolute atomic E-state index is 0.00296. The molecular weight excluding hydrogens is 352 g/mol. The highest BCUT2D eigenvalue weighted by Gasteiger charge is 2.28. The van der Waals surface area contributed by atoms with Gasteiger partial charge in [-0.1, -0.05) is 30.4 Å². The second-order valence-electron chi connectivity index (χ2n) is 6.11. The number of fused-ring (bicyclic) bond motifs is 1. The van der Waals surface area contributed by atoms with Crippen molar-refractivity contribution in [3.05, 3.63) is 48.8 Å². The Bertz CT molecular complexity index is 1070. The van der Waals surface area contributed by atoms with E-state index in [1.165, 1.54) is 18.5 Å². The highest BCUT2D eigenvalue weighted by molar-refractivity contribution is 7.92. The lowest BCUT2D eigenvalue weighted by molar-refractivity contribution is 0.185. The number of sulfone groups is 1. The average molecular weight is 370 g/mol. The highest BCUT2D eigenvalue weighted by atomic mass is 32.2. The third-order valence-electron chi connectivity index (χ3n) is 4.35. The van der Waals surface area contributed by atoms with Crippen molar-refractivity contribution in [3.63, 3.8) is 0 Å². The van der Waals surface area contributed by atoms with Gasteiger partial charge in [-0.15, -0.1) is 0 Å². The smallest absolute Gasteiger partial charge is 0.241 e. The number of benzene rings is 1. The number of ether oxygens (including phenoxy) is 1. The summed E-state index contributed by atoms with van der Waals surface area (Å²) in [6.45, 7) is 0. The van der Waals surface area contributed by atoms with Crippen molar-refractivity contribution in [3.8, 4) is 5.88 Å². The number of aromatic nitrogens is 3. The zero-order valence-electron chi connectivity index (χ0n) is 13.9. The molecule has 2 heterocycles. The average Bonchev–Trinajstić information content (AvgIpc) is 3.01. The van der Waals surface area contributed by atoms with E-state index < -0.39 is 9.84 Å². The van der Waals surface area contributed by atoms with Crippen LogP contribution in [0.25, 0.3) is 11.0 Å². The van der Waals surface area contributed by atoms with Gasteiger partial charge in [-0.05, 0) is 25.0 Å². The molecule has 0 amide bonds. The summed E-state index contributed by atoms with van der Waals surface area (Å²) in [7, 11) is -3.82. The fourth-order valence-electron chi connectivity index (χ4n) is 3.08. The number of anilines is 1. The van der Waals surface area contributed by atoms with Crippen molar-refractivity contribution >= 4 is 26.7 Å². The monoisotopic (exact) mass is 370 g/mol. The Labute approximate surface area is 150 Å². The second kappa shape index (κ2) is 6.45. The Kier molecular flexibility index (Phi) is 4.12. The molecule has 0 fully saturated rings. The molecule has 26 heavy (non-hydrogen) atoms. The predicted molar refractivity (Wildman–Crippen MR) is 97.6 cm³/mol. The Hall–Kier alpha value is -2.87. The number of aromatic amines is 1. The summed E-state index contributed by atoms with van der Waals surface area (Å²) in [6.07, 6.45) is 8.10. The van der Waals surface area contributed by atoms with E-state index in [4.69, 9.17) is 10.5 Å². The molecule has 0 bridgehead atoms. The maximum atomic E-state index is 13.0. The zero-order valence-corrected chi connectivity index (χ0v) is 14.7. The minimum Gasteiger partial charge on any atom is -0.472 e. The van der Waals surface area contributed by atoms with Crippen molar-refractivity contribution in [2.75, 3.05) is 5.73 Å². The molecule has 1 aliphatic carbocycles. The molecule has 1 unspecified atom stereocenters. The van der Waals surface area contributed by atoms with E-state index in [0.29, 0.717) is 11.4 Å². The number of H-pyrrole nitrogens is 1. The molecule has 0 radical (unpaired) electrons. The first-order valence-electron chi connectivity index (χ1n) is 8.31. The molecule has 0 spiro atoms. The lowest BCUT2D eigenvalue weighted by Crippen LogP contribution is -2.18. The van der Waals surface area contributed by atoms with E-state index in [1.807, 2.05) is 0 Å². The van der Waals surface area contributed by atoms with E-state index in [9.17, 15) is 8.42 Å². The molecular formula is C18H18N4O3S. The Morgan fingerprint density at radius 3 is 2.69 bits per heavy atom. The minimum atomic E-state index is -3.82. The van der Waals surface area contributed by atoms with E-state index >= 15 is 0 Å². The van der Waals surface area contributed by atoms with Gasteiger partial charge in [0.15, 0.2) is 0 Å². The molecule has 8 heteroatoms. The van der Waals surface area contributed by atoms with Crippen molar-refractivity contribution in [1.82, 2.24) is 15.0 Å². The molecule has 4 rings (SSSR count). The van der Waals surface area contributed by atoms with Gasteiger partial charge in [0.25, 0.3) is 0 Å². The molecule has 2 aromatic heterocycles. The van der Waals surface area contributed by atoms with Crippen LogP contribution in [0.4, 0.5) is 5.82 Å². The predicted octanol–water partition coefficient (Wildman–Crippen LogP) is 2.86. The maximum Gasteiger partial charge on any atom is 0.241 e. The van der Waals surface area contributed by atoms with Crippen LogP contribution in [0.5, 0.6) is 5.88 Å². The van der Waals surface area contributed by atoms with Gasteiger partial charge in [0.05, 0.1) is 4.90 Å². The normalized spacial score (nSPS) is 17.5. The summed E-state index contributed by atoms with van der Waals surface area (Å²) in [4.78, 5) is 11.3. The summed E-state index contributed by atoms with van der Waals surface area (Å²) < 4.78 is 32.0. The van der Waals surface area contributed by atoms with Gasteiger partial charge >= 0.3 is 0 Å². The highest BCUT2D eigenvalue weighted by Crippen LogP contribution is 2.35. The number of nitrogens with zero attached hydrogens (tertiary/aromatic N) is 2. The number of hydrogen-bond donors (Lipinski definition) is 2. The van der Waals surface area contributed by atoms with Crippen molar-refractivity contribution in [2.45, 2.75) is 35.2 Å². The standard InChI is InChI=1S/C18H18N4O3S/c19-17-16(26(23,24)13-9-5-2-6-10-13)14-15(22-17)18(21-11-20-14)25-12-7-3-1-4-8-12/h1-3,5-6,9-12,22H,4,7-8,19H2. The van der Waals surface area contributed by atoms with Gasteiger partial charge in [-0.25, -0.2) is 13.4 Å². The lowest BCUT2D eigenvalue weighted by atomic mass is 10.1. The molecule has 3 N–H and O–H groups in total. The van der Waals surface area contributed by atoms with Gasteiger partial charge in [0.1, 0.15) is 34.2 Å². The van der Waals surface area contributed by atoms with Crippen LogP contribution in [0.3, 0.4) is 0 Å². The lowest BCUT2D eigenvalue weighted by Gasteiger charge is -2.19. The van der Waals surface area contributed by atoms with Crippen LogP contribution in [0.1, 0.15) is 19.3 Å². The number of rotatable bonds is 4. The first kappa shape index (κ1) is 16.6. The number of nitrogen functional groups attached to an aromatic ring is 1. The molecule has 0 saturated heterocycles. The largest absolute Gasteiger partial charge is 0.472 e. The summed E-state index contributed by atoms with van der Waals surface area (Å²) in [5, 5.41) is 0. The van der Waals surface area contributed by atoms with Crippen molar-refractivity contribution in [1.29, 1.82) is 0 Å². The molecule has 0 aliphatic heterocycles. The quantitative estimate of drug-likeness (QED) is 0.683. The summed E-state index contributed by atoms with van der Waals surface area (Å²) in [5.41, 5.74) is 6.65. The van der Waals surface area contributed by atoms with Gasteiger partial charge in [0, 0.05) is 6.42 Å². The SMILES string of the molecule is Nc1[nH]c2c(OC3CC=CCC3)ncnc2c1S(=O)(=O)c1ccccc1. The van der Waals surface area contributed by atoms with E-state index in [-0.39, 0.29) is 27.2 Å². The van der Waals surface area contributed by atoms with Crippen LogP contribution < -0.4 is 10.5 Å². The van der Waals surface area contributed by atoms with Crippen LogP contribution in [0.2, 0.25) is 0 Å². The Morgan fingerprint density at radius 1 is 1.15 bits per heavy atom. The number of allylic oxidation sites excluding steroid dienone is 1. The van der Waals surface area contributed by atoms with E-state index in [0.717, 1.165) is 19.3 Å². The molecule has 1 aliphatic rings. The van der Waals surface area contributed by atoms with Gasteiger partial charge in [-0.2, -0.15) is 4.98 Å². The maximum absolute atomic E-state index is 13.0. The van der Waals surface area contributed by atoms with Crippen molar-refractivity contribution in [2.24, 2.45) is 0 Å². The van der Waals surface area contributed by atoms with Crippen LogP contribution >= 0.6 is 0 Å². The third kappa shape index (κ3) is 2.82. The third-order valence-corrected chi connectivity index (χ3v) is 6.20. The molecule has 0 saturated carbocycles. The molecule has 3 aromatic rings. The fourth-order valence-corrected chi connectivity index (χ4v) is 4.58. The second-order valence-corrected chi connectivity index (χ2v) is 8.00. The fraction of sp³-hybridized carbons (Fsp3) is 0.222. The summed E-state index contributed by atoms with van der Waals surface area (Å²) >= 11 is 0. The molecule has 1 aromatic carbocycles. The van der Waals surface area contributed by atoms with Gasteiger partial charge in [-0.3, -0.25) is 0 Å². The van der Waals surface area contributed by atoms with E-state index in [2.05, 4.69) is 27.1 Å². The first-order chi connectivity index (χ1) is 12.6. The topological polar surface area (TPSA) is 111 Å². The van der Waals surface area contributed by atoms with Crippen LogP contribution in [-0.4, -0.2) is 29.5 Å². The zero-order chi connectivity index (χ0) is 18.1. The summed E-state index contributed by atoms with van der Waals surface area (Å²) in [5.74, 6) is 0.342. The Morgan fingerprint density at radius 2 is 1.96 bits per heavy atom. The van der Waals surface area contributed by atoms with Gasteiger partial charge < -0.3 is 15.5 Å². The van der Waals surface area contributed by atoms with Crippen LogP contribution in [0.15, 0.2) is 58.6 Å². The van der Waals surface area contributed by atoms with E-state index in [1.54, 1.807) is 18.2 Å². The first-order valence-corrected chi connectivity index (χ1v) is 9.79.